The maximum atomic E-state index is 5.80. The number of allylic oxidation sites excluding steroid dienone is 2. The van der Waals surface area contributed by atoms with E-state index in [9.17, 15) is 0 Å². The number of ether oxygens (including phenoxy) is 2. The average molecular weight is 277 g/mol. The van der Waals surface area contributed by atoms with Crippen LogP contribution in [0.1, 0.15) is 32.5 Å². The molecular weight excluding hydrogens is 254 g/mol. The zero-order valence-corrected chi connectivity index (χ0v) is 12.2. The Morgan fingerprint density at radius 1 is 1.30 bits per heavy atom. The van der Waals surface area contributed by atoms with Crippen LogP contribution in [0.3, 0.4) is 0 Å². The van der Waals surface area contributed by atoms with Gasteiger partial charge in [-0.3, -0.25) is 0 Å². The molecule has 0 saturated carbocycles. The van der Waals surface area contributed by atoms with Gasteiger partial charge in [0, 0.05) is 12.7 Å². The molecule has 2 atom stereocenters. The minimum absolute atomic E-state index is 0.362. The summed E-state index contributed by atoms with van der Waals surface area (Å²) in [5, 5.41) is 0. The normalized spacial score (nSPS) is 21.9. The van der Waals surface area contributed by atoms with Gasteiger partial charge in [0.2, 0.25) is 5.88 Å². The summed E-state index contributed by atoms with van der Waals surface area (Å²) < 4.78 is 11.1. The van der Waals surface area contributed by atoms with Crippen molar-refractivity contribution in [1.29, 1.82) is 0 Å². The van der Waals surface area contributed by atoms with Crippen LogP contribution in [0.15, 0.2) is 18.2 Å². The fourth-order valence-electron chi connectivity index (χ4n) is 2.26. The van der Waals surface area contributed by atoms with E-state index in [0.29, 0.717) is 49.2 Å². The molecule has 0 fully saturated rings. The van der Waals surface area contributed by atoms with Crippen LogP contribution in [0.25, 0.3) is 0 Å². The van der Waals surface area contributed by atoms with Crippen LogP contribution in [0.4, 0.5) is 5.82 Å². The molecule has 0 bridgehead atoms. The number of hydrogen-bond acceptors (Lipinski definition) is 5. The van der Waals surface area contributed by atoms with Gasteiger partial charge in [-0.1, -0.05) is 19.1 Å². The van der Waals surface area contributed by atoms with Gasteiger partial charge in [0.1, 0.15) is 12.4 Å². The SMILES string of the molecule is CCOCc1nc(N)cc(OCC2CC=CCC2C)n1. The Morgan fingerprint density at radius 2 is 2.10 bits per heavy atom. The van der Waals surface area contributed by atoms with Crippen molar-refractivity contribution in [3.63, 3.8) is 0 Å². The van der Waals surface area contributed by atoms with Gasteiger partial charge in [0.25, 0.3) is 0 Å². The smallest absolute Gasteiger partial charge is 0.218 e. The number of nitrogens with two attached hydrogens (primary N) is 1. The third-order valence-electron chi connectivity index (χ3n) is 3.57. The third-order valence-corrected chi connectivity index (χ3v) is 3.57. The van der Waals surface area contributed by atoms with Crippen LogP contribution < -0.4 is 10.5 Å². The Bertz CT molecular complexity index is 462. The van der Waals surface area contributed by atoms with Crippen LogP contribution in [0, 0.1) is 11.8 Å². The van der Waals surface area contributed by atoms with Crippen LogP contribution in [0.2, 0.25) is 0 Å². The number of hydrogen-bond donors (Lipinski definition) is 1. The quantitative estimate of drug-likeness (QED) is 0.809. The van der Waals surface area contributed by atoms with E-state index in [0.717, 1.165) is 12.8 Å². The van der Waals surface area contributed by atoms with E-state index in [1.165, 1.54) is 0 Å². The number of nitrogens with zero attached hydrogens (tertiary/aromatic N) is 2. The molecular formula is C15H23N3O2. The van der Waals surface area contributed by atoms with Crippen molar-refractivity contribution in [2.24, 2.45) is 11.8 Å². The first kappa shape index (κ1) is 14.8. The summed E-state index contributed by atoms with van der Waals surface area (Å²) in [7, 11) is 0. The monoisotopic (exact) mass is 277 g/mol. The summed E-state index contributed by atoms with van der Waals surface area (Å²) in [4.78, 5) is 8.46. The molecule has 20 heavy (non-hydrogen) atoms. The van der Waals surface area contributed by atoms with Crippen molar-refractivity contribution < 1.29 is 9.47 Å². The van der Waals surface area contributed by atoms with Crippen LogP contribution in [0.5, 0.6) is 5.88 Å². The summed E-state index contributed by atoms with van der Waals surface area (Å²) in [6, 6.07) is 1.67. The van der Waals surface area contributed by atoms with Gasteiger partial charge in [-0.15, -0.1) is 0 Å². The third kappa shape index (κ3) is 4.20. The Morgan fingerprint density at radius 3 is 2.85 bits per heavy atom. The van der Waals surface area contributed by atoms with Gasteiger partial charge in [-0.05, 0) is 31.6 Å². The van der Waals surface area contributed by atoms with Crippen LogP contribution in [-0.2, 0) is 11.3 Å². The number of rotatable bonds is 6. The maximum Gasteiger partial charge on any atom is 0.218 e. The zero-order valence-electron chi connectivity index (χ0n) is 12.2. The summed E-state index contributed by atoms with van der Waals surface area (Å²) in [5.41, 5.74) is 5.77. The zero-order chi connectivity index (χ0) is 14.4. The topological polar surface area (TPSA) is 70.3 Å². The summed E-state index contributed by atoms with van der Waals surface area (Å²) in [5.74, 6) is 2.70. The van der Waals surface area contributed by atoms with Gasteiger partial charge in [-0.2, -0.15) is 4.98 Å². The highest BCUT2D eigenvalue weighted by atomic mass is 16.5. The van der Waals surface area contributed by atoms with E-state index in [4.69, 9.17) is 15.2 Å². The lowest BCUT2D eigenvalue weighted by Crippen LogP contribution is -2.21. The lowest BCUT2D eigenvalue weighted by Gasteiger charge is -2.24. The average Bonchev–Trinajstić information content (AvgIpc) is 2.44. The van der Waals surface area contributed by atoms with Crippen LogP contribution in [-0.4, -0.2) is 23.2 Å². The Labute approximate surface area is 120 Å². The molecule has 1 aromatic rings. The predicted molar refractivity (Wildman–Crippen MR) is 78.3 cm³/mol. The predicted octanol–water partition coefficient (Wildman–Crippen LogP) is 2.58. The van der Waals surface area contributed by atoms with Crippen LogP contribution >= 0.6 is 0 Å². The minimum Gasteiger partial charge on any atom is -0.477 e. The standard InChI is InChI=1S/C15H23N3O2/c1-3-19-10-14-17-13(16)8-15(18-14)20-9-12-7-5-4-6-11(12)2/h4-5,8,11-12H,3,6-7,9-10H2,1-2H3,(H2,16,17,18). The second-order valence-corrected chi connectivity index (χ2v) is 5.18. The van der Waals surface area contributed by atoms with Gasteiger partial charge in [0.05, 0.1) is 6.61 Å². The van der Waals surface area contributed by atoms with E-state index in [2.05, 4.69) is 29.0 Å². The molecule has 2 rings (SSSR count). The van der Waals surface area contributed by atoms with E-state index in [1.807, 2.05) is 6.92 Å². The van der Waals surface area contributed by atoms with Crippen molar-refractivity contribution in [3.8, 4) is 5.88 Å². The van der Waals surface area contributed by atoms with Gasteiger partial charge >= 0.3 is 0 Å². The highest BCUT2D eigenvalue weighted by Crippen LogP contribution is 2.25. The lowest BCUT2D eigenvalue weighted by atomic mass is 9.85. The molecule has 1 aliphatic carbocycles. The molecule has 2 unspecified atom stereocenters. The van der Waals surface area contributed by atoms with E-state index < -0.39 is 0 Å². The molecule has 0 saturated heterocycles. The highest BCUT2D eigenvalue weighted by molar-refractivity contribution is 5.32. The molecule has 5 nitrogen and oxygen atoms in total. The Hall–Kier alpha value is -1.62. The largest absolute Gasteiger partial charge is 0.477 e. The molecule has 1 heterocycles. The Balaban J connectivity index is 1.94. The van der Waals surface area contributed by atoms with Gasteiger partial charge in [0.15, 0.2) is 5.82 Å². The highest BCUT2D eigenvalue weighted by Gasteiger charge is 2.19. The summed E-state index contributed by atoms with van der Waals surface area (Å²) in [6.07, 6.45) is 6.65. The van der Waals surface area contributed by atoms with E-state index in [1.54, 1.807) is 6.07 Å². The lowest BCUT2D eigenvalue weighted by molar-refractivity contribution is 0.126. The van der Waals surface area contributed by atoms with E-state index >= 15 is 0 Å². The molecule has 0 aromatic carbocycles. The molecule has 1 aliphatic rings. The second-order valence-electron chi connectivity index (χ2n) is 5.18. The fraction of sp³-hybridized carbons (Fsp3) is 0.600. The second kappa shape index (κ2) is 7.24. The van der Waals surface area contributed by atoms with Gasteiger partial charge < -0.3 is 15.2 Å². The number of anilines is 1. The molecule has 0 spiro atoms. The van der Waals surface area contributed by atoms with Crippen molar-refractivity contribution in [2.45, 2.75) is 33.3 Å². The molecule has 5 heteroatoms. The molecule has 2 N–H and O–H groups in total. The summed E-state index contributed by atoms with van der Waals surface area (Å²) >= 11 is 0. The molecule has 1 aromatic heterocycles. The minimum atomic E-state index is 0.362. The first-order valence-electron chi connectivity index (χ1n) is 7.18. The molecule has 0 amide bonds. The first-order chi connectivity index (χ1) is 9.69. The van der Waals surface area contributed by atoms with E-state index in [-0.39, 0.29) is 0 Å². The van der Waals surface area contributed by atoms with Crippen molar-refractivity contribution in [3.05, 3.63) is 24.0 Å². The van der Waals surface area contributed by atoms with Crippen molar-refractivity contribution >= 4 is 5.82 Å². The first-order valence-corrected chi connectivity index (χ1v) is 7.18. The van der Waals surface area contributed by atoms with Crippen molar-refractivity contribution in [2.75, 3.05) is 18.9 Å². The number of nitrogen functional groups attached to an aromatic ring is 1. The molecule has 0 radical (unpaired) electrons. The molecule has 110 valence electrons. The summed E-state index contributed by atoms with van der Waals surface area (Å²) in [6.45, 7) is 5.84. The van der Waals surface area contributed by atoms with Gasteiger partial charge in [-0.25, -0.2) is 4.98 Å². The molecule has 0 aliphatic heterocycles. The number of aromatic nitrogens is 2. The fourth-order valence-corrected chi connectivity index (χ4v) is 2.26. The maximum absolute atomic E-state index is 5.80. The van der Waals surface area contributed by atoms with Crippen molar-refractivity contribution in [1.82, 2.24) is 9.97 Å². The Kier molecular flexibility index (Phi) is 5.35.